The summed E-state index contributed by atoms with van der Waals surface area (Å²) in [5.41, 5.74) is -0.712. The molecule has 0 aromatic heterocycles. The van der Waals surface area contributed by atoms with E-state index in [2.05, 4.69) is 35.4 Å². The molecule has 1 amide bonds. The minimum atomic E-state index is -1.06. The van der Waals surface area contributed by atoms with Crippen LogP contribution in [0.25, 0.3) is 0 Å². The van der Waals surface area contributed by atoms with Crippen molar-refractivity contribution in [2.75, 3.05) is 39.5 Å². The van der Waals surface area contributed by atoms with Gasteiger partial charge in [-0.25, -0.2) is 4.79 Å². The maximum atomic E-state index is 12.2. The molecule has 0 radical (unpaired) electrons. The Balaban J connectivity index is 1.56. The summed E-state index contributed by atoms with van der Waals surface area (Å²) >= 11 is 0. The van der Waals surface area contributed by atoms with E-state index in [1.807, 2.05) is 6.92 Å². The summed E-state index contributed by atoms with van der Waals surface area (Å²) in [6.45, 7) is 12.7. The number of carbonyl (C=O) groups excluding carboxylic acids is 3. The molecule has 2 rings (SSSR count). The number of ether oxygens (including phenoxy) is 1. The predicted octanol–water partition coefficient (Wildman–Crippen LogP) is 6.08. The van der Waals surface area contributed by atoms with Gasteiger partial charge in [-0.2, -0.15) is 9.78 Å². The summed E-state index contributed by atoms with van der Waals surface area (Å²) in [5, 5.41) is 12.2. The Morgan fingerprint density at radius 3 is 1.92 bits per heavy atom. The summed E-state index contributed by atoms with van der Waals surface area (Å²) in [4.78, 5) is 76.7. The van der Waals surface area contributed by atoms with Gasteiger partial charge < -0.3 is 24.9 Å². The quantitative estimate of drug-likeness (QED) is 0.0286. The number of carboxylic acid groups (broad SMARTS) is 1. The molecule has 276 valence electrons. The van der Waals surface area contributed by atoms with Crippen LogP contribution in [-0.2, 0) is 38.7 Å². The number of hydrogen-bond donors (Lipinski definition) is 2. The van der Waals surface area contributed by atoms with E-state index in [1.54, 1.807) is 0 Å². The highest BCUT2D eigenvalue weighted by atomic mass is 17.2. The number of nitrogens with zero attached hydrogens (tertiary/aromatic N) is 2. The number of rotatable bonds is 25. The van der Waals surface area contributed by atoms with Crippen molar-refractivity contribution >= 4 is 36.4 Å². The van der Waals surface area contributed by atoms with Crippen LogP contribution >= 0.6 is 0 Å². The molecular formula is C36H57N3O10. The summed E-state index contributed by atoms with van der Waals surface area (Å²) in [5.74, 6) is -0.268. The first kappa shape index (κ1) is 41.6. The average Bonchev–Trinajstić information content (AvgIpc) is 3.10. The third kappa shape index (κ3) is 17.6. The van der Waals surface area contributed by atoms with Gasteiger partial charge in [-0.15, -0.1) is 0 Å². The highest BCUT2D eigenvalue weighted by Crippen LogP contribution is 2.33. The fourth-order valence-electron chi connectivity index (χ4n) is 6.17. The number of carbonyl (C=O) groups is 4. The third-order valence-corrected chi connectivity index (χ3v) is 9.72. The van der Waals surface area contributed by atoms with E-state index in [1.165, 1.54) is 37.8 Å². The summed E-state index contributed by atoms with van der Waals surface area (Å²) in [6.07, 6.45) is 13.7. The van der Waals surface area contributed by atoms with E-state index in [4.69, 9.17) is 24.3 Å². The molecule has 2 saturated carbocycles. The minimum Gasteiger partial charge on any atom is -0.481 e. The molecule has 13 heteroatoms. The van der Waals surface area contributed by atoms with E-state index in [-0.39, 0.29) is 50.6 Å². The van der Waals surface area contributed by atoms with Gasteiger partial charge in [0, 0.05) is 37.9 Å². The summed E-state index contributed by atoms with van der Waals surface area (Å²) in [7, 11) is 0. The van der Waals surface area contributed by atoms with Crippen molar-refractivity contribution in [3.8, 4) is 0 Å². The molecule has 2 fully saturated rings. The van der Waals surface area contributed by atoms with Crippen LogP contribution < -0.4 is 5.32 Å². The molecular weight excluding hydrogens is 634 g/mol. The zero-order valence-electron chi connectivity index (χ0n) is 29.4. The van der Waals surface area contributed by atoms with Gasteiger partial charge in [0.2, 0.25) is 12.8 Å². The first-order valence-corrected chi connectivity index (χ1v) is 17.6. The molecule has 1 atom stereocenters. The SMILES string of the molecule is C=CC(=O)CC(CC)(COOC=NCC1CCC(CNC(=O)OCCC(COOC=NCC2CCC(C)CC2)C(=O)O)CC1)CC(=O)C=C. The van der Waals surface area contributed by atoms with Crippen LogP contribution in [0.1, 0.15) is 90.9 Å². The smallest absolute Gasteiger partial charge is 0.407 e. The summed E-state index contributed by atoms with van der Waals surface area (Å²) < 4.78 is 5.19. The molecule has 2 aliphatic rings. The van der Waals surface area contributed by atoms with Gasteiger partial charge in [0.25, 0.3) is 0 Å². The van der Waals surface area contributed by atoms with E-state index < -0.39 is 23.4 Å². The Kier molecular flexibility index (Phi) is 20.1. The lowest BCUT2D eigenvalue weighted by atomic mass is 9.77. The highest BCUT2D eigenvalue weighted by Gasteiger charge is 2.33. The molecule has 0 aromatic rings. The topological polar surface area (TPSA) is 171 Å². The fourth-order valence-corrected chi connectivity index (χ4v) is 6.17. The van der Waals surface area contributed by atoms with E-state index in [0.29, 0.717) is 43.8 Å². The summed E-state index contributed by atoms with van der Waals surface area (Å²) in [6, 6.07) is 0. The van der Waals surface area contributed by atoms with Gasteiger partial charge in [-0.1, -0.05) is 39.8 Å². The van der Waals surface area contributed by atoms with Crippen LogP contribution in [0.5, 0.6) is 0 Å². The first-order chi connectivity index (χ1) is 23.6. The maximum Gasteiger partial charge on any atom is 0.407 e. The lowest BCUT2D eigenvalue weighted by molar-refractivity contribution is -0.239. The van der Waals surface area contributed by atoms with Crippen LogP contribution in [0.2, 0.25) is 0 Å². The van der Waals surface area contributed by atoms with Gasteiger partial charge in [0.1, 0.15) is 13.2 Å². The molecule has 2 N–H and O–H groups in total. The molecule has 0 saturated heterocycles. The van der Waals surface area contributed by atoms with Crippen molar-refractivity contribution in [1.82, 2.24) is 5.32 Å². The second kappa shape index (κ2) is 23.7. The number of nitrogens with one attached hydrogen (secondary N) is 1. The van der Waals surface area contributed by atoms with Crippen LogP contribution in [0.4, 0.5) is 4.79 Å². The number of amides is 1. The van der Waals surface area contributed by atoms with Crippen LogP contribution in [0.3, 0.4) is 0 Å². The van der Waals surface area contributed by atoms with Crippen molar-refractivity contribution in [3.63, 3.8) is 0 Å². The number of carboxylic acids is 1. The highest BCUT2D eigenvalue weighted by molar-refractivity contribution is 5.92. The van der Waals surface area contributed by atoms with Crippen molar-refractivity contribution < 1.29 is 48.6 Å². The molecule has 1 unspecified atom stereocenters. The Hall–Kier alpha value is -3.58. The largest absolute Gasteiger partial charge is 0.481 e. The molecule has 0 spiro atoms. The normalized spacial score (nSPS) is 21.9. The van der Waals surface area contributed by atoms with E-state index in [0.717, 1.165) is 44.4 Å². The third-order valence-electron chi connectivity index (χ3n) is 9.72. The monoisotopic (exact) mass is 691 g/mol. The zero-order chi connectivity index (χ0) is 35.9. The predicted molar refractivity (Wildman–Crippen MR) is 185 cm³/mol. The molecule has 49 heavy (non-hydrogen) atoms. The van der Waals surface area contributed by atoms with Gasteiger partial charge in [-0.05, 0) is 87.2 Å². The lowest BCUT2D eigenvalue weighted by Gasteiger charge is -2.29. The maximum absolute atomic E-state index is 12.2. The Morgan fingerprint density at radius 1 is 0.857 bits per heavy atom. The molecule has 13 nitrogen and oxygen atoms in total. The molecule has 2 aliphatic carbocycles. The van der Waals surface area contributed by atoms with Gasteiger partial charge in [0.05, 0.1) is 12.5 Å². The van der Waals surface area contributed by atoms with Gasteiger partial charge in [-0.3, -0.25) is 24.4 Å². The van der Waals surface area contributed by atoms with Crippen molar-refractivity contribution in [2.45, 2.75) is 90.9 Å². The standard InChI is InChI=1S/C36H57N3O10/c1-5-32(40)18-36(7-3,19-33(41)6-2)24-47-49-26-38-21-29-12-14-30(15-13-29)22-39-35(44)45-17-16-31(34(42)43)23-46-48-25-37-20-28-10-8-27(4)9-11-28/h5-6,25-31H,1-2,7-24H2,3-4H3,(H,39,44)(H,42,43). The average molecular weight is 692 g/mol. The van der Waals surface area contributed by atoms with Crippen molar-refractivity contribution in [3.05, 3.63) is 25.3 Å². The molecule has 0 bridgehead atoms. The zero-order valence-corrected chi connectivity index (χ0v) is 29.4. The second-order valence-corrected chi connectivity index (χ2v) is 13.6. The fraction of sp³-hybridized carbons (Fsp3) is 0.722. The van der Waals surface area contributed by atoms with Gasteiger partial charge >= 0.3 is 12.1 Å². The Bertz CT molecular complexity index is 1070. The van der Waals surface area contributed by atoms with Crippen LogP contribution in [0, 0.1) is 35.0 Å². The number of alkyl carbamates (subject to hydrolysis) is 1. The number of hydrogen-bond acceptors (Lipinski definition) is 11. The Morgan fingerprint density at radius 2 is 1.39 bits per heavy atom. The van der Waals surface area contributed by atoms with Crippen molar-refractivity contribution in [1.29, 1.82) is 0 Å². The first-order valence-electron chi connectivity index (χ1n) is 17.6. The minimum absolute atomic E-state index is 0.0500. The molecule has 0 aromatic carbocycles. The van der Waals surface area contributed by atoms with Crippen molar-refractivity contribution in [2.24, 2.45) is 45.0 Å². The van der Waals surface area contributed by atoms with Crippen LogP contribution in [0.15, 0.2) is 35.3 Å². The Labute approximate surface area is 290 Å². The van der Waals surface area contributed by atoms with E-state index >= 15 is 0 Å². The molecule has 0 aliphatic heterocycles. The molecule has 0 heterocycles. The van der Waals surface area contributed by atoms with Crippen LogP contribution in [-0.4, -0.2) is 81.0 Å². The number of allylic oxidation sites excluding steroid dienone is 2. The number of aliphatic imine (C=N–C) groups is 2. The number of aliphatic carboxylic acids is 1. The lowest BCUT2D eigenvalue weighted by Crippen LogP contribution is -2.32. The second-order valence-electron chi connectivity index (χ2n) is 13.6. The number of ketones is 2. The van der Waals surface area contributed by atoms with Gasteiger partial charge in [0.15, 0.2) is 11.6 Å². The van der Waals surface area contributed by atoms with E-state index in [9.17, 15) is 24.3 Å².